The Bertz CT molecular complexity index is 274. The van der Waals surface area contributed by atoms with Crippen LogP contribution in [0.25, 0.3) is 0 Å². The summed E-state index contributed by atoms with van der Waals surface area (Å²) in [5.74, 6) is 0. The maximum absolute atomic E-state index is 5.96. The van der Waals surface area contributed by atoms with Crippen LogP contribution >= 0.6 is 0 Å². The summed E-state index contributed by atoms with van der Waals surface area (Å²) in [6, 6.07) is 1.34. The summed E-state index contributed by atoms with van der Waals surface area (Å²) in [7, 11) is 2.21. The minimum absolute atomic E-state index is 0.479. The van der Waals surface area contributed by atoms with Gasteiger partial charge in [0.25, 0.3) is 0 Å². The van der Waals surface area contributed by atoms with Crippen molar-refractivity contribution < 1.29 is 4.74 Å². The molecule has 2 saturated carbocycles. The summed E-state index contributed by atoms with van der Waals surface area (Å²) in [4.78, 5) is 2.41. The standard InChI is InChI=1S/C16H32N2O/c1-5-19-15-12-14(16(15)8-6-7-9-16)17-10-11-18(4)13(2)3/h13-15,17H,5-12H2,1-4H3. The van der Waals surface area contributed by atoms with Crippen LogP contribution in [0.4, 0.5) is 0 Å². The lowest BCUT2D eigenvalue weighted by molar-refractivity contribution is -0.130. The smallest absolute Gasteiger partial charge is 0.0661 e. The minimum Gasteiger partial charge on any atom is -0.378 e. The van der Waals surface area contributed by atoms with Gasteiger partial charge >= 0.3 is 0 Å². The molecule has 0 bridgehead atoms. The molecular formula is C16H32N2O. The number of nitrogens with zero attached hydrogens (tertiary/aromatic N) is 1. The highest BCUT2D eigenvalue weighted by molar-refractivity contribution is 5.09. The molecule has 19 heavy (non-hydrogen) atoms. The summed E-state index contributed by atoms with van der Waals surface area (Å²) in [6.07, 6.45) is 7.28. The van der Waals surface area contributed by atoms with Crippen LogP contribution in [0.15, 0.2) is 0 Å². The number of rotatable bonds is 7. The van der Waals surface area contributed by atoms with E-state index in [2.05, 4.69) is 38.0 Å². The molecule has 0 saturated heterocycles. The van der Waals surface area contributed by atoms with Crippen LogP contribution in [0.2, 0.25) is 0 Å². The maximum atomic E-state index is 5.96. The van der Waals surface area contributed by atoms with Crippen LogP contribution in [0, 0.1) is 5.41 Å². The van der Waals surface area contributed by atoms with E-state index in [0.29, 0.717) is 23.6 Å². The highest BCUT2D eigenvalue weighted by Crippen LogP contribution is 2.54. The fourth-order valence-electron chi connectivity index (χ4n) is 3.85. The van der Waals surface area contributed by atoms with Gasteiger partial charge in [-0.3, -0.25) is 0 Å². The van der Waals surface area contributed by atoms with Crippen LogP contribution in [-0.4, -0.2) is 49.8 Å². The van der Waals surface area contributed by atoms with E-state index in [9.17, 15) is 0 Å². The molecule has 112 valence electrons. The van der Waals surface area contributed by atoms with Gasteiger partial charge in [0.2, 0.25) is 0 Å². The second-order valence-corrected chi connectivity index (χ2v) is 6.70. The SMILES string of the molecule is CCOC1CC(NCCN(C)C(C)C)C12CCCC2. The second-order valence-electron chi connectivity index (χ2n) is 6.70. The molecule has 1 spiro atoms. The van der Waals surface area contributed by atoms with Gasteiger partial charge in [-0.25, -0.2) is 0 Å². The highest BCUT2D eigenvalue weighted by Gasteiger charge is 2.56. The maximum Gasteiger partial charge on any atom is 0.0661 e. The molecule has 2 atom stereocenters. The van der Waals surface area contributed by atoms with Gasteiger partial charge in [0, 0.05) is 37.2 Å². The summed E-state index contributed by atoms with van der Waals surface area (Å²) < 4.78 is 5.96. The van der Waals surface area contributed by atoms with Crippen molar-refractivity contribution in [2.24, 2.45) is 5.41 Å². The van der Waals surface area contributed by atoms with E-state index in [4.69, 9.17) is 4.74 Å². The Morgan fingerprint density at radius 2 is 2.00 bits per heavy atom. The quantitative estimate of drug-likeness (QED) is 0.768. The van der Waals surface area contributed by atoms with E-state index < -0.39 is 0 Å². The zero-order chi connectivity index (χ0) is 13.9. The lowest BCUT2D eigenvalue weighted by atomic mass is 9.60. The molecule has 0 heterocycles. The first-order valence-corrected chi connectivity index (χ1v) is 8.15. The molecule has 2 aliphatic rings. The lowest BCUT2D eigenvalue weighted by Gasteiger charge is -2.54. The van der Waals surface area contributed by atoms with Crippen molar-refractivity contribution in [1.82, 2.24) is 10.2 Å². The first-order valence-electron chi connectivity index (χ1n) is 8.15. The van der Waals surface area contributed by atoms with Crippen molar-refractivity contribution in [1.29, 1.82) is 0 Å². The average molecular weight is 268 g/mol. The Morgan fingerprint density at radius 1 is 1.32 bits per heavy atom. The van der Waals surface area contributed by atoms with Gasteiger partial charge in [0.15, 0.2) is 0 Å². The molecule has 2 fully saturated rings. The molecule has 1 N–H and O–H groups in total. The predicted octanol–water partition coefficient (Wildman–Crippen LogP) is 2.65. The zero-order valence-electron chi connectivity index (χ0n) is 13.2. The molecule has 0 aromatic rings. The Hall–Kier alpha value is -0.120. The first-order chi connectivity index (χ1) is 9.10. The van der Waals surface area contributed by atoms with Crippen LogP contribution in [0.3, 0.4) is 0 Å². The van der Waals surface area contributed by atoms with Crippen LogP contribution in [0.5, 0.6) is 0 Å². The number of ether oxygens (including phenoxy) is 1. The third-order valence-electron chi connectivity index (χ3n) is 5.42. The molecule has 3 heteroatoms. The molecule has 2 unspecified atom stereocenters. The van der Waals surface area contributed by atoms with Gasteiger partial charge < -0.3 is 15.0 Å². The number of hydrogen-bond donors (Lipinski definition) is 1. The number of hydrogen-bond acceptors (Lipinski definition) is 3. The van der Waals surface area contributed by atoms with E-state index in [1.807, 2.05) is 0 Å². The van der Waals surface area contributed by atoms with E-state index >= 15 is 0 Å². The molecule has 0 amide bonds. The molecule has 2 aliphatic carbocycles. The summed E-state index contributed by atoms with van der Waals surface area (Å²) in [6.45, 7) is 9.76. The first kappa shape index (κ1) is 15.3. The molecule has 2 rings (SSSR count). The molecule has 0 aromatic carbocycles. The van der Waals surface area contributed by atoms with E-state index in [1.54, 1.807) is 0 Å². The Kier molecular flexibility index (Phi) is 5.27. The summed E-state index contributed by atoms with van der Waals surface area (Å²) in [5, 5.41) is 3.80. The molecule has 0 aliphatic heterocycles. The Labute approximate surface area is 119 Å². The Balaban J connectivity index is 1.78. The van der Waals surface area contributed by atoms with Gasteiger partial charge in [-0.1, -0.05) is 12.8 Å². The van der Waals surface area contributed by atoms with Gasteiger partial charge in [0.1, 0.15) is 0 Å². The number of likely N-dealkylation sites (N-methyl/N-ethyl adjacent to an activating group) is 1. The fraction of sp³-hybridized carbons (Fsp3) is 1.00. The van der Waals surface area contributed by atoms with Gasteiger partial charge in [0.05, 0.1) is 6.10 Å². The van der Waals surface area contributed by atoms with Crippen LogP contribution in [-0.2, 0) is 4.74 Å². The predicted molar refractivity (Wildman–Crippen MR) is 80.5 cm³/mol. The van der Waals surface area contributed by atoms with Crippen molar-refractivity contribution in [2.75, 3.05) is 26.7 Å². The van der Waals surface area contributed by atoms with Gasteiger partial charge in [-0.05, 0) is 47.1 Å². The van der Waals surface area contributed by atoms with Crippen molar-refractivity contribution in [2.45, 2.75) is 71.1 Å². The summed E-state index contributed by atoms with van der Waals surface area (Å²) >= 11 is 0. The zero-order valence-corrected chi connectivity index (χ0v) is 13.2. The monoisotopic (exact) mass is 268 g/mol. The average Bonchev–Trinajstić information content (AvgIpc) is 2.88. The Morgan fingerprint density at radius 3 is 2.58 bits per heavy atom. The normalized spacial score (nSPS) is 29.4. The molecule has 0 radical (unpaired) electrons. The third-order valence-corrected chi connectivity index (χ3v) is 5.42. The largest absolute Gasteiger partial charge is 0.378 e. The van der Waals surface area contributed by atoms with Crippen molar-refractivity contribution in [3.8, 4) is 0 Å². The number of nitrogens with one attached hydrogen (secondary N) is 1. The van der Waals surface area contributed by atoms with Crippen LogP contribution < -0.4 is 5.32 Å². The fourth-order valence-corrected chi connectivity index (χ4v) is 3.85. The molecular weight excluding hydrogens is 236 g/mol. The van der Waals surface area contributed by atoms with Crippen molar-refractivity contribution in [3.05, 3.63) is 0 Å². The molecule has 0 aromatic heterocycles. The second kappa shape index (κ2) is 6.55. The van der Waals surface area contributed by atoms with Crippen molar-refractivity contribution >= 4 is 0 Å². The lowest BCUT2D eigenvalue weighted by Crippen LogP contribution is -2.63. The van der Waals surface area contributed by atoms with Crippen LogP contribution in [0.1, 0.15) is 52.9 Å². The van der Waals surface area contributed by atoms with E-state index in [-0.39, 0.29) is 0 Å². The molecule has 3 nitrogen and oxygen atoms in total. The van der Waals surface area contributed by atoms with Gasteiger partial charge in [-0.15, -0.1) is 0 Å². The van der Waals surface area contributed by atoms with Gasteiger partial charge in [-0.2, -0.15) is 0 Å². The van der Waals surface area contributed by atoms with Crippen molar-refractivity contribution in [3.63, 3.8) is 0 Å². The minimum atomic E-state index is 0.479. The van der Waals surface area contributed by atoms with E-state index in [0.717, 1.165) is 19.7 Å². The third kappa shape index (κ3) is 3.14. The highest BCUT2D eigenvalue weighted by atomic mass is 16.5. The summed E-state index contributed by atoms with van der Waals surface area (Å²) in [5.41, 5.74) is 0.479. The van der Waals surface area contributed by atoms with E-state index in [1.165, 1.54) is 32.1 Å². The topological polar surface area (TPSA) is 24.5 Å².